The van der Waals surface area contributed by atoms with Gasteiger partial charge in [0.25, 0.3) is 0 Å². The lowest BCUT2D eigenvalue weighted by Crippen LogP contribution is -2.52. The molecular formula is C45H43N7O5. The Bertz CT molecular complexity index is 2640. The van der Waals surface area contributed by atoms with E-state index in [0.29, 0.717) is 11.8 Å². The van der Waals surface area contributed by atoms with Gasteiger partial charge in [0.05, 0.1) is 41.3 Å². The smallest absolute Gasteiger partial charge is 0.410 e. The van der Waals surface area contributed by atoms with Gasteiger partial charge in [0, 0.05) is 28.6 Å². The maximum atomic E-state index is 13.8. The molecule has 4 aliphatic rings. The average Bonchev–Trinajstić information content (AvgIpc) is 3.88. The standard InChI is InChI=1S/C45H43N7O5/c1-24(2)39(50-44(54)56-3)43(53)51-35-19-29(35)21-37(51)41-46-32-15-12-26(18-34(32)48-41)10-9-25-11-14-31-28(17-25)13-16-33-40(31)49-42(47-33)38-22-30-20-36(30)52(38)45(55)57-23-27-7-5-4-6-8-27/h4-8,11-18,24,29-30,35-39H,19-23H2,1-3H3,(H,46,48)(H,47,49)(H,50,54)/t29-,30-,35-,36-,37+,38+,39+/m1/s1. The molecule has 0 unspecified atom stereocenters. The molecule has 0 radical (unpaired) electrons. The van der Waals surface area contributed by atoms with Gasteiger partial charge >= 0.3 is 12.2 Å². The van der Waals surface area contributed by atoms with Crippen LogP contribution in [0.3, 0.4) is 0 Å². The number of piperidine rings is 2. The van der Waals surface area contributed by atoms with Gasteiger partial charge in [-0.25, -0.2) is 19.6 Å². The zero-order valence-corrected chi connectivity index (χ0v) is 32.0. The van der Waals surface area contributed by atoms with Gasteiger partial charge in [-0.3, -0.25) is 9.69 Å². The molecule has 3 N–H and O–H groups in total. The van der Waals surface area contributed by atoms with Gasteiger partial charge in [0.2, 0.25) is 5.91 Å². The number of hydrogen-bond donors (Lipinski definition) is 3. The highest BCUT2D eigenvalue weighted by molar-refractivity contribution is 6.04. The monoisotopic (exact) mass is 761 g/mol. The summed E-state index contributed by atoms with van der Waals surface area (Å²) in [6.07, 6.45) is 2.80. The number of aromatic nitrogens is 4. The minimum atomic E-state index is -0.681. The minimum Gasteiger partial charge on any atom is -0.453 e. The van der Waals surface area contributed by atoms with Crippen molar-refractivity contribution in [1.29, 1.82) is 0 Å². The number of benzene rings is 4. The summed E-state index contributed by atoms with van der Waals surface area (Å²) >= 11 is 0. The van der Waals surface area contributed by atoms with E-state index in [4.69, 9.17) is 19.4 Å². The van der Waals surface area contributed by atoms with Gasteiger partial charge in [-0.2, -0.15) is 0 Å². The molecule has 2 aromatic heterocycles. The van der Waals surface area contributed by atoms with E-state index in [1.807, 2.05) is 84.3 Å². The highest BCUT2D eigenvalue weighted by Crippen LogP contribution is 2.54. The molecule has 12 heteroatoms. The van der Waals surface area contributed by atoms with E-state index < -0.39 is 12.1 Å². The number of ether oxygens (including phenoxy) is 2. The third-order valence-corrected chi connectivity index (χ3v) is 12.2. The zero-order valence-electron chi connectivity index (χ0n) is 32.0. The second-order valence-corrected chi connectivity index (χ2v) is 16.3. The number of carbonyl (C=O) groups is 3. The van der Waals surface area contributed by atoms with Crippen LogP contribution in [0.2, 0.25) is 0 Å². The predicted octanol–water partition coefficient (Wildman–Crippen LogP) is 7.51. The number of imidazole rings is 2. The van der Waals surface area contributed by atoms with Crippen molar-refractivity contribution < 1.29 is 23.9 Å². The summed E-state index contributed by atoms with van der Waals surface area (Å²) in [6, 6.07) is 25.3. The van der Waals surface area contributed by atoms with Gasteiger partial charge in [-0.1, -0.05) is 68.2 Å². The van der Waals surface area contributed by atoms with Crippen molar-refractivity contribution in [2.45, 2.75) is 76.3 Å². The summed E-state index contributed by atoms with van der Waals surface area (Å²) in [7, 11) is 1.30. The van der Waals surface area contributed by atoms with E-state index >= 15 is 0 Å². The number of likely N-dealkylation sites (tertiary alicyclic amines) is 2. The number of methoxy groups -OCH3 is 1. The second kappa shape index (κ2) is 13.7. The van der Waals surface area contributed by atoms with Crippen LogP contribution in [0, 0.1) is 29.6 Å². The molecule has 288 valence electrons. The largest absolute Gasteiger partial charge is 0.453 e. The van der Waals surface area contributed by atoms with Gasteiger partial charge in [0.1, 0.15) is 24.3 Å². The normalized spacial score (nSPS) is 23.6. The second-order valence-electron chi connectivity index (χ2n) is 16.3. The maximum absolute atomic E-state index is 13.8. The van der Waals surface area contributed by atoms with E-state index in [0.717, 1.165) is 86.9 Å². The van der Waals surface area contributed by atoms with Crippen molar-refractivity contribution in [2.75, 3.05) is 7.11 Å². The highest BCUT2D eigenvalue weighted by Gasteiger charge is 2.57. The average molecular weight is 762 g/mol. The third kappa shape index (κ3) is 6.41. The SMILES string of the molecule is COC(=O)N[C@H](C(=O)N1[C@@H]2C[C@@H]2C[C@H]1c1nc2ccc(C#Cc3ccc4c(ccc5nc([C@@H]6C[C@H]7C[C@H]7N6C(=O)OCc6ccccc6)[nH]c54)c3)cc2[nH]1)C(C)C. The van der Waals surface area contributed by atoms with Crippen LogP contribution in [-0.4, -0.2) is 73.1 Å². The van der Waals surface area contributed by atoms with Gasteiger partial charge < -0.3 is 29.7 Å². The molecule has 3 amide bonds. The van der Waals surface area contributed by atoms with Crippen molar-refractivity contribution in [1.82, 2.24) is 35.1 Å². The number of rotatable bonds is 7. The molecule has 57 heavy (non-hydrogen) atoms. The van der Waals surface area contributed by atoms with Crippen LogP contribution in [0.15, 0.2) is 78.9 Å². The Morgan fingerprint density at radius 1 is 0.807 bits per heavy atom. The number of nitrogens with one attached hydrogen (secondary N) is 3. The fourth-order valence-corrected chi connectivity index (χ4v) is 9.11. The fraction of sp³-hybridized carbons (Fsp3) is 0.356. The van der Waals surface area contributed by atoms with Crippen molar-refractivity contribution in [3.8, 4) is 11.8 Å². The molecule has 7 atom stereocenters. The van der Waals surface area contributed by atoms with Crippen molar-refractivity contribution >= 4 is 50.9 Å². The Labute approximate surface area is 329 Å². The molecule has 2 aliphatic heterocycles. The molecule has 4 fully saturated rings. The molecule has 10 rings (SSSR count). The number of hydrogen-bond acceptors (Lipinski definition) is 7. The Morgan fingerprint density at radius 3 is 2.23 bits per heavy atom. The number of alkyl carbamates (subject to hydrolysis) is 1. The summed E-state index contributed by atoms with van der Waals surface area (Å²) < 4.78 is 10.6. The van der Waals surface area contributed by atoms with E-state index in [1.165, 1.54) is 7.11 Å². The third-order valence-electron chi connectivity index (χ3n) is 12.2. The first-order chi connectivity index (χ1) is 27.7. The summed E-state index contributed by atoms with van der Waals surface area (Å²) in [6.45, 7) is 4.09. The lowest BCUT2D eigenvalue weighted by molar-refractivity contribution is -0.136. The Morgan fingerprint density at radius 2 is 1.47 bits per heavy atom. The Balaban J connectivity index is 0.860. The topological polar surface area (TPSA) is 146 Å². The predicted molar refractivity (Wildman–Crippen MR) is 214 cm³/mol. The first kappa shape index (κ1) is 35.1. The van der Waals surface area contributed by atoms with Gasteiger partial charge in [0.15, 0.2) is 0 Å². The zero-order chi connectivity index (χ0) is 38.9. The Hall–Kier alpha value is -6.35. The first-order valence-electron chi connectivity index (χ1n) is 19.8. The number of fused-ring (bicyclic) bond motifs is 6. The number of amides is 3. The van der Waals surface area contributed by atoms with E-state index in [9.17, 15) is 14.4 Å². The fourth-order valence-electron chi connectivity index (χ4n) is 9.11. The Kier molecular flexibility index (Phi) is 8.43. The van der Waals surface area contributed by atoms with E-state index in [2.05, 4.69) is 45.3 Å². The molecule has 2 saturated carbocycles. The maximum Gasteiger partial charge on any atom is 0.410 e. The minimum absolute atomic E-state index is 0.100. The van der Waals surface area contributed by atoms with Crippen molar-refractivity contribution in [3.63, 3.8) is 0 Å². The molecule has 4 heterocycles. The molecule has 0 spiro atoms. The summed E-state index contributed by atoms with van der Waals surface area (Å²) in [4.78, 5) is 60.0. The van der Waals surface area contributed by atoms with Crippen LogP contribution >= 0.6 is 0 Å². The van der Waals surface area contributed by atoms with Gasteiger partial charge in [-0.15, -0.1) is 0 Å². The van der Waals surface area contributed by atoms with E-state index in [-0.39, 0.29) is 48.7 Å². The van der Waals surface area contributed by atoms with Crippen molar-refractivity contribution in [2.24, 2.45) is 17.8 Å². The summed E-state index contributed by atoms with van der Waals surface area (Å²) in [5, 5.41) is 4.83. The molecule has 2 aliphatic carbocycles. The molecule has 0 bridgehead atoms. The lowest BCUT2D eigenvalue weighted by Gasteiger charge is -2.31. The number of aromatic amines is 2. The summed E-state index contributed by atoms with van der Waals surface area (Å²) in [5.41, 5.74) is 6.17. The lowest BCUT2D eigenvalue weighted by atomic mass is 10.0. The quantitative estimate of drug-likeness (QED) is 0.143. The van der Waals surface area contributed by atoms with Crippen LogP contribution in [-0.2, 0) is 20.9 Å². The van der Waals surface area contributed by atoms with Crippen LogP contribution in [0.5, 0.6) is 0 Å². The number of carbonyl (C=O) groups excluding carboxylic acids is 3. The number of H-pyrrole nitrogens is 2. The molecule has 2 saturated heterocycles. The molecule has 6 aromatic rings. The summed E-state index contributed by atoms with van der Waals surface area (Å²) in [5.74, 6) is 8.94. The van der Waals surface area contributed by atoms with Crippen LogP contribution in [0.25, 0.3) is 32.8 Å². The van der Waals surface area contributed by atoms with Crippen molar-refractivity contribution in [3.05, 3.63) is 107 Å². The van der Waals surface area contributed by atoms with Crippen LogP contribution < -0.4 is 5.32 Å². The molecular weight excluding hydrogens is 719 g/mol. The van der Waals surface area contributed by atoms with Crippen LogP contribution in [0.4, 0.5) is 9.59 Å². The number of nitrogens with zero attached hydrogens (tertiary/aromatic N) is 4. The van der Waals surface area contributed by atoms with Crippen LogP contribution in [0.1, 0.15) is 80.0 Å². The first-order valence-corrected chi connectivity index (χ1v) is 19.8. The molecule has 12 nitrogen and oxygen atoms in total. The highest BCUT2D eigenvalue weighted by atomic mass is 16.6. The molecule has 4 aromatic carbocycles. The van der Waals surface area contributed by atoms with E-state index in [1.54, 1.807) is 0 Å². The van der Waals surface area contributed by atoms with Gasteiger partial charge in [-0.05, 0) is 90.8 Å².